The quantitative estimate of drug-likeness (QED) is 0.588. The largest absolute Gasteiger partial charge is 0.259 e. The van der Waals surface area contributed by atoms with Gasteiger partial charge in [0.15, 0.2) is 5.82 Å². The van der Waals surface area contributed by atoms with Crippen LogP contribution in [0.15, 0.2) is 59.8 Å². The van der Waals surface area contributed by atoms with Crippen LogP contribution in [0, 0.1) is 11.3 Å². The first-order valence-electron chi connectivity index (χ1n) is 6.36. The molecule has 0 aliphatic heterocycles. The van der Waals surface area contributed by atoms with E-state index in [9.17, 15) is 0 Å². The molecule has 0 radical (unpaired) electrons. The van der Waals surface area contributed by atoms with E-state index in [0.717, 1.165) is 16.3 Å². The van der Waals surface area contributed by atoms with E-state index in [0.29, 0.717) is 11.4 Å². The Bertz CT molecular complexity index is 826. The number of hydrogen-bond donors (Lipinski definition) is 1. The number of rotatable bonds is 3. The number of nitriles is 1. The number of hydrazone groups is 1. The highest BCUT2D eigenvalue weighted by Gasteiger charge is 2.00. The van der Waals surface area contributed by atoms with Crippen LogP contribution in [0.4, 0.5) is 5.82 Å². The summed E-state index contributed by atoms with van der Waals surface area (Å²) in [5.41, 5.74) is 4.42. The molecular formula is C16H11N5. The van der Waals surface area contributed by atoms with Gasteiger partial charge in [-0.2, -0.15) is 15.5 Å². The van der Waals surface area contributed by atoms with Crippen molar-refractivity contribution < 1.29 is 0 Å². The summed E-state index contributed by atoms with van der Waals surface area (Å²) in [6.45, 7) is 0. The lowest BCUT2D eigenvalue weighted by Gasteiger charge is -2.02. The van der Waals surface area contributed by atoms with Crippen LogP contribution in [0.1, 0.15) is 11.1 Å². The molecular weight excluding hydrogens is 262 g/mol. The zero-order valence-corrected chi connectivity index (χ0v) is 11.1. The van der Waals surface area contributed by atoms with Crippen molar-refractivity contribution in [2.45, 2.75) is 0 Å². The third-order valence-corrected chi connectivity index (χ3v) is 2.99. The highest BCUT2D eigenvalue weighted by Crippen LogP contribution is 2.18. The Morgan fingerprint density at radius 2 is 1.90 bits per heavy atom. The van der Waals surface area contributed by atoms with Gasteiger partial charge in [-0.1, -0.05) is 36.4 Å². The van der Waals surface area contributed by atoms with Crippen LogP contribution >= 0.6 is 0 Å². The van der Waals surface area contributed by atoms with Gasteiger partial charge in [-0.25, -0.2) is 0 Å². The summed E-state index contributed by atoms with van der Waals surface area (Å²) in [7, 11) is 0. The van der Waals surface area contributed by atoms with E-state index in [1.54, 1.807) is 24.5 Å². The Hall–Kier alpha value is -3.26. The Kier molecular flexibility index (Phi) is 3.52. The van der Waals surface area contributed by atoms with Crippen molar-refractivity contribution in [3.05, 3.63) is 65.9 Å². The number of benzene rings is 2. The minimum Gasteiger partial charge on any atom is -0.259 e. The molecule has 3 rings (SSSR count). The molecule has 3 aromatic rings. The molecule has 0 bridgehead atoms. The molecule has 0 aliphatic rings. The summed E-state index contributed by atoms with van der Waals surface area (Å²) in [5.74, 6) is 0.609. The van der Waals surface area contributed by atoms with Gasteiger partial charge in [0.25, 0.3) is 0 Å². The predicted molar refractivity (Wildman–Crippen MR) is 81.9 cm³/mol. The summed E-state index contributed by atoms with van der Waals surface area (Å²) in [5, 5.41) is 22.9. The van der Waals surface area contributed by atoms with Crippen molar-refractivity contribution >= 4 is 22.8 Å². The van der Waals surface area contributed by atoms with E-state index < -0.39 is 0 Å². The molecule has 0 spiro atoms. The van der Waals surface area contributed by atoms with E-state index in [1.165, 1.54) is 0 Å². The van der Waals surface area contributed by atoms with Gasteiger partial charge in [0.2, 0.25) is 0 Å². The van der Waals surface area contributed by atoms with Crippen molar-refractivity contribution in [1.29, 1.82) is 5.26 Å². The molecule has 0 fully saturated rings. The molecule has 5 heteroatoms. The fourth-order valence-electron chi connectivity index (χ4n) is 1.92. The molecule has 0 amide bonds. The molecule has 0 saturated heterocycles. The van der Waals surface area contributed by atoms with Crippen LogP contribution in [0.2, 0.25) is 0 Å². The zero-order chi connectivity index (χ0) is 14.5. The minimum atomic E-state index is 0.609. The molecule has 0 unspecified atom stereocenters. The lowest BCUT2D eigenvalue weighted by molar-refractivity contribution is 1.04. The van der Waals surface area contributed by atoms with Gasteiger partial charge in [-0.05, 0) is 17.7 Å². The van der Waals surface area contributed by atoms with Gasteiger partial charge >= 0.3 is 0 Å². The van der Waals surface area contributed by atoms with E-state index in [1.807, 2.05) is 36.4 Å². The Morgan fingerprint density at radius 1 is 1.10 bits per heavy atom. The third kappa shape index (κ3) is 2.85. The first-order valence-corrected chi connectivity index (χ1v) is 6.36. The molecule has 0 saturated carbocycles. The first-order chi connectivity index (χ1) is 10.4. The summed E-state index contributed by atoms with van der Waals surface area (Å²) < 4.78 is 0. The second-order valence-electron chi connectivity index (χ2n) is 4.38. The SMILES string of the molecule is N#Cc1ccc(/C=N\Nc2nncc3ccccc23)cc1. The normalized spacial score (nSPS) is 10.6. The number of anilines is 1. The van der Waals surface area contributed by atoms with E-state index in [2.05, 4.69) is 26.8 Å². The second kappa shape index (κ2) is 5.80. The topological polar surface area (TPSA) is 74.0 Å². The van der Waals surface area contributed by atoms with Gasteiger partial charge in [-0.3, -0.25) is 5.43 Å². The molecule has 5 nitrogen and oxygen atoms in total. The summed E-state index contributed by atoms with van der Waals surface area (Å²) in [6.07, 6.45) is 3.38. The van der Waals surface area contributed by atoms with Crippen LogP contribution < -0.4 is 5.43 Å². The predicted octanol–water partition coefficient (Wildman–Crippen LogP) is 2.95. The first kappa shape index (κ1) is 12.8. The third-order valence-electron chi connectivity index (χ3n) is 2.99. The highest BCUT2D eigenvalue weighted by atomic mass is 15.3. The van der Waals surface area contributed by atoms with Gasteiger partial charge in [0.05, 0.1) is 24.0 Å². The Labute approximate surface area is 121 Å². The lowest BCUT2D eigenvalue weighted by atomic mass is 10.2. The van der Waals surface area contributed by atoms with Gasteiger partial charge in [-0.15, -0.1) is 5.10 Å². The maximum absolute atomic E-state index is 8.74. The van der Waals surface area contributed by atoms with Crippen molar-refractivity contribution in [1.82, 2.24) is 10.2 Å². The van der Waals surface area contributed by atoms with Crippen molar-refractivity contribution in [2.24, 2.45) is 5.10 Å². The van der Waals surface area contributed by atoms with Crippen molar-refractivity contribution in [3.63, 3.8) is 0 Å². The monoisotopic (exact) mass is 273 g/mol. The van der Waals surface area contributed by atoms with Gasteiger partial charge in [0, 0.05) is 10.8 Å². The maximum Gasteiger partial charge on any atom is 0.176 e. The molecule has 1 aromatic heterocycles. The fourth-order valence-corrected chi connectivity index (χ4v) is 1.92. The molecule has 1 N–H and O–H groups in total. The second-order valence-corrected chi connectivity index (χ2v) is 4.38. The average molecular weight is 273 g/mol. The number of nitrogens with one attached hydrogen (secondary N) is 1. The molecule has 100 valence electrons. The lowest BCUT2D eigenvalue weighted by Crippen LogP contribution is -1.96. The highest BCUT2D eigenvalue weighted by molar-refractivity contribution is 5.91. The van der Waals surface area contributed by atoms with Crippen LogP contribution in [-0.4, -0.2) is 16.4 Å². The van der Waals surface area contributed by atoms with E-state index in [-0.39, 0.29) is 0 Å². The minimum absolute atomic E-state index is 0.609. The van der Waals surface area contributed by atoms with Crippen LogP contribution in [-0.2, 0) is 0 Å². The smallest absolute Gasteiger partial charge is 0.176 e. The summed E-state index contributed by atoms with van der Waals surface area (Å²) in [4.78, 5) is 0. The fraction of sp³-hybridized carbons (Fsp3) is 0. The van der Waals surface area contributed by atoms with Gasteiger partial charge < -0.3 is 0 Å². The van der Waals surface area contributed by atoms with Crippen molar-refractivity contribution in [3.8, 4) is 6.07 Å². The van der Waals surface area contributed by atoms with Crippen LogP contribution in [0.5, 0.6) is 0 Å². The molecule has 2 aromatic carbocycles. The average Bonchev–Trinajstić information content (AvgIpc) is 2.56. The van der Waals surface area contributed by atoms with Crippen molar-refractivity contribution in [2.75, 3.05) is 5.43 Å². The van der Waals surface area contributed by atoms with Crippen LogP contribution in [0.25, 0.3) is 10.8 Å². The zero-order valence-electron chi connectivity index (χ0n) is 11.1. The Morgan fingerprint density at radius 3 is 2.71 bits per heavy atom. The number of fused-ring (bicyclic) bond motifs is 1. The molecule has 0 aliphatic carbocycles. The molecule has 1 heterocycles. The number of hydrogen-bond acceptors (Lipinski definition) is 5. The van der Waals surface area contributed by atoms with E-state index in [4.69, 9.17) is 5.26 Å². The van der Waals surface area contributed by atoms with E-state index >= 15 is 0 Å². The maximum atomic E-state index is 8.74. The van der Waals surface area contributed by atoms with Crippen LogP contribution in [0.3, 0.4) is 0 Å². The van der Waals surface area contributed by atoms with Gasteiger partial charge in [0.1, 0.15) is 0 Å². The number of aromatic nitrogens is 2. The molecule has 0 atom stereocenters. The number of nitrogens with zero attached hydrogens (tertiary/aromatic N) is 4. The Balaban J connectivity index is 1.79. The standard InChI is InChI=1S/C16H11N5/c17-9-12-5-7-13(8-6-12)10-18-20-16-15-4-2-1-3-14(15)11-19-21-16/h1-8,10-11H,(H,20,21)/b18-10-. The summed E-state index contributed by atoms with van der Waals surface area (Å²) in [6, 6.07) is 17.1. The molecule has 21 heavy (non-hydrogen) atoms. The summed E-state index contributed by atoms with van der Waals surface area (Å²) >= 11 is 0.